The van der Waals surface area contributed by atoms with Gasteiger partial charge in [0.05, 0.1) is 0 Å². The Bertz CT molecular complexity index is 280. The van der Waals surface area contributed by atoms with Crippen molar-refractivity contribution < 1.29 is 4.84 Å². The molecule has 0 bridgehead atoms. The summed E-state index contributed by atoms with van der Waals surface area (Å²) >= 11 is 0. The van der Waals surface area contributed by atoms with Crippen LogP contribution >= 0.6 is 0 Å². The first-order valence-corrected chi connectivity index (χ1v) is 3.63. The van der Waals surface area contributed by atoms with Gasteiger partial charge in [0.1, 0.15) is 0 Å². The summed E-state index contributed by atoms with van der Waals surface area (Å²) < 4.78 is 0. The van der Waals surface area contributed by atoms with Gasteiger partial charge in [0.25, 0.3) is 0 Å². The Kier molecular flexibility index (Phi) is 3.02. The smallest absolute Gasteiger partial charge is 0.248 e. The van der Waals surface area contributed by atoms with Gasteiger partial charge in [-0.15, -0.1) is 0 Å². The van der Waals surface area contributed by atoms with Crippen molar-refractivity contribution in [1.29, 1.82) is 5.41 Å². The van der Waals surface area contributed by atoms with Crippen LogP contribution in [0.5, 0.6) is 0 Å². The predicted molar refractivity (Wildman–Crippen MR) is 48.5 cm³/mol. The maximum absolute atomic E-state index is 7.40. The van der Waals surface area contributed by atoms with Crippen LogP contribution in [0.15, 0.2) is 35.5 Å². The van der Waals surface area contributed by atoms with Gasteiger partial charge in [-0.2, -0.15) is 0 Å². The Morgan fingerprint density at radius 2 is 2.08 bits per heavy atom. The SMILES string of the molecule is CC=NOC(=N)c1ccccc1. The quantitative estimate of drug-likeness (QED) is 0.403. The van der Waals surface area contributed by atoms with Crippen molar-refractivity contribution in [3.63, 3.8) is 0 Å². The van der Waals surface area contributed by atoms with Crippen molar-refractivity contribution in [2.45, 2.75) is 6.92 Å². The number of rotatable bonds is 2. The molecule has 12 heavy (non-hydrogen) atoms. The minimum atomic E-state index is 0.0636. The molecule has 1 aromatic rings. The monoisotopic (exact) mass is 162 g/mol. The lowest BCUT2D eigenvalue weighted by Crippen LogP contribution is -1.99. The summed E-state index contributed by atoms with van der Waals surface area (Å²) in [6.45, 7) is 1.73. The molecule has 0 radical (unpaired) electrons. The van der Waals surface area contributed by atoms with E-state index in [-0.39, 0.29) is 5.90 Å². The molecule has 3 heteroatoms. The topological polar surface area (TPSA) is 45.4 Å². The van der Waals surface area contributed by atoms with E-state index < -0.39 is 0 Å². The van der Waals surface area contributed by atoms with Crippen LogP contribution in [0.1, 0.15) is 12.5 Å². The highest BCUT2D eigenvalue weighted by Crippen LogP contribution is 2.00. The number of oxime groups is 1. The second-order valence-electron chi connectivity index (χ2n) is 2.15. The fraction of sp³-hybridized carbons (Fsp3) is 0.111. The molecule has 0 aliphatic rings. The van der Waals surface area contributed by atoms with Crippen LogP contribution in [0.4, 0.5) is 0 Å². The van der Waals surface area contributed by atoms with E-state index in [0.29, 0.717) is 0 Å². The van der Waals surface area contributed by atoms with Crippen LogP contribution < -0.4 is 0 Å². The van der Waals surface area contributed by atoms with Crippen LogP contribution in [0.2, 0.25) is 0 Å². The zero-order chi connectivity index (χ0) is 8.81. The van der Waals surface area contributed by atoms with Crippen LogP contribution in [-0.2, 0) is 4.84 Å². The molecule has 1 aromatic carbocycles. The highest BCUT2D eigenvalue weighted by molar-refractivity contribution is 5.91. The van der Waals surface area contributed by atoms with Gasteiger partial charge in [-0.05, 0) is 19.1 Å². The fourth-order valence-corrected chi connectivity index (χ4v) is 0.748. The lowest BCUT2D eigenvalue weighted by atomic mass is 10.2. The highest BCUT2D eigenvalue weighted by Gasteiger charge is 1.98. The summed E-state index contributed by atoms with van der Waals surface area (Å²) in [4.78, 5) is 4.73. The second kappa shape index (κ2) is 4.28. The zero-order valence-electron chi connectivity index (χ0n) is 6.82. The Hall–Kier alpha value is -1.64. The molecule has 1 rings (SSSR count). The number of benzene rings is 1. The van der Waals surface area contributed by atoms with Crippen molar-refractivity contribution in [1.82, 2.24) is 0 Å². The molecule has 0 saturated heterocycles. The largest absolute Gasteiger partial charge is 0.337 e. The Labute approximate surface area is 71.2 Å². The molecule has 0 atom stereocenters. The highest BCUT2D eigenvalue weighted by atomic mass is 16.6. The van der Waals surface area contributed by atoms with Crippen molar-refractivity contribution in [2.75, 3.05) is 0 Å². The molecule has 0 heterocycles. The predicted octanol–water partition coefficient (Wildman–Crippen LogP) is 2.03. The van der Waals surface area contributed by atoms with Gasteiger partial charge in [0.15, 0.2) is 0 Å². The molecule has 0 fully saturated rings. The van der Waals surface area contributed by atoms with E-state index in [1.54, 1.807) is 19.1 Å². The number of nitrogens with one attached hydrogen (secondary N) is 1. The molecule has 0 aromatic heterocycles. The zero-order valence-corrected chi connectivity index (χ0v) is 6.82. The summed E-state index contributed by atoms with van der Waals surface area (Å²) in [5.74, 6) is 0.0636. The summed E-state index contributed by atoms with van der Waals surface area (Å²) in [5, 5.41) is 10.9. The molecule has 0 saturated carbocycles. The molecule has 0 aliphatic heterocycles. The van der Waals surface area contributed by atoms with E-state index in [0.717, 1.165) is 5.56 Å². The van der Waals surface area contributed by atoms with Crippen LogP contribution in [0.25, 0.3) is 0 Å². The Morgan fingerprint density at radius 1 is 1.42 bits per heavy atom. The molecule has 0 aliphatic carbocycles. The third-order valence-corrected chi connectivity index (χ3v) is 1.29. The second-order valence-corrected chi connectivity index (χ2v) is 2.15. The maximum atomic E-state index is 7.40. The Balaban J connectivity index is 2.66. The van der Waals surface area contributed by atoms with Crippen LogP contribution in [-0.4, -0.2) is 12.1 Å². The number of hydrogen-bond acceptors (Lipinski definition) is 3. The average Bonchev–Trinajstić information content (AvgIpc) is 2.15. The van der Waals surface area contributed by atoms with E-state index in [1.165, 1.54) is 6.21 Å². The van der Waals surface area contributed by atoms with Crippen molar-refractivity contribution in [3.05, 3.63) is 35.9 Å². The minimum Gasteiger partial charge on any atom is -0.337 e. The van der Waals surface area contributed by atoms with E-state index >= 15 is 0 Å². The molecule has 0 spiro atoms. The van der Waals surface area contributed by atoms with Crippen molar-refractivity contribution in [3.8, 4) is 0 Å². The normalized spacial score (nSPS) is 10.1. The molecule has 1 N–H and O–H groups in total. The van der Waals surface area contributed by atoms with Gasteiger partial charge >= 0.3 is 0 Å². The third-order valence-electron chi connectivity index (χ3n) is 1.29. The fourth-order valence-electron chi connectivity index (χ4n) is 0.748. The Morgan fingerprint density at radius 3 is 2.67 bits per heavy atom. The van der Waals surface area contributed by atoms with E-state index in [4.69, 9.17) is 10.2 Å². The first-order chi connectivity index (χ1) is 5.84. The number of hydrogen-bond donors (Lipinski definition) is 1. The first kappa shape index (κ1) is 8.46. The summed E-state index contributed by atoms with van der Waals surface area (Å²) in [6, 6.07) is 9.19. The van der Waals surface area contributed by atoms with E-state index in [1.807, 2.05) is 18.2 Å². The molecule has 0 amide bonds. The molecule has 62 valence electrons. The molecule has 3 nitrogen and oxygen atoms in total. The van der Waals surface area contributed by atoms with Gasteiger partial charge in [-0.3, -0.25) is 5.41 Å². The molecular weight excluding hydrogens is 152 g/mol. The lowest BCUT2D eigenvalue weighted by molar-refractivity contribution is 0.328. The van der Waals surface area contributed by atoms with Gasteiger partial charge in [0.2, 0.25) is 5.90 Å². The maximum Gasteiger partial charge on any atom is 0.248 e. The number of nitrogens with zero attached hydrogens (tertiary/aromatic N) is 1. The lowest BCUT2D eigenvalue weighted by Gasteiger charge is -1.98. The third kappa shape index (κ3) is 2.20. The standard InChI is InChI=1S/C9H10N2O/c1-2-11-12-9(10)8-6-4-3-5-7-8/h2-7,10H,1H3. The van der Waals surface area contributed by atoms with Gasteiger partial charge < -0.3 is 4.84 Å². The minimum absolute atomic E-state index is 0.0636. The van der Waals surface area contributed by atoms with E-state index in [2.05, 4.69) is 5.16 Å². The van der Waals surface area contributed by atoms with E-state index in [9.17, 15) is 0 Å². The van der Waals surface area contributed by atoms with Gasteiger partial charge in [-0.1, -0.05) is 23.4 Å². The molecule has 0 unspecified atom stereocenters. The van der Waals surface area contributed by atoms with Gasteiger partial charge in [-0.25, -0.2) is 0 Å². The summed E-state index contributed by atoms with van der Waals surface area (Å²) in [7, 11) is 0. The summed E-state index contributed by atoms with van der Waals surface area (Å²) in [6.07, 6.45) is 1.50. The van der Waals surface area contributed by atoms with Crippen molar-refractivity contribution >= 4 is 12.1 Å². The first-order valence-electron chi connectivity index (χ1n) is 3.63. The summed E-state index contributed by atoms with van der Waals surface area (Å²) in [5.41, 5.74) is 0.725. The van der Waals surface area contributed by atoms with Gasteiger partial charge in [0, 0.05) is 11.8 Å². The molecular formula is C9H10N2O. The average molecular weight is 162 g/mol. The van der Waals surface area contributed by atoms with Crippen LogP contribution in [0, 0.1) is 5.41 Å². The van der Waals surface area contributed by atoms with Crippen molar-refractivity contribution in [2.24, 2.45) is 5.16 Å². The van der Waals surface area contributed by atoms with Crippen LogP contribution in [0.3, 0.4) is 0 Å².